The highest BCUT2D eigenvalue weighted by Crippen LogP contribution is 2.33. The zero-order valence-electron chi connectivity index (χ0n) is 18.2. The lowest BCUT2D eigenvalue weighted by Gasteiger charge is -2.36. The van der Waals surface area contributed by atoms with Crippen LogP contribution in [0.25, 0.3) is 0 Å². The van der Waals surface area contributed by atoms with Gasteiger partial charge in [-0.3, -0.25) is 10.1 Å². The zero-order chi connectivity index (χ0) is 24.4. The third-order valence-corrected chi connectivity index (χ3v) is 4.99. The molecule has 2 aromatic rings. The normalized spacial score (nSPS) is 14.8. The van der Waals surface area contributed by atoms with Crippen molar-refractivity contribution in [1.29, 1.82) is 0 Å². The minimum atomic E-state index is -4.69. The minimum absolute atomic E-state index is 0.269. The van der Waals surface area contributed by atoms with Gasteiger partial charge >= 0.3 is 12.3 Å². The number of carbonyl (C=O) groups is 2. The molecule has 1 aliphatic heterocycles. The monoisotopic (exact) mass is 485 g/mol. The molecule has 33 heavy (non-hydrogen) atoms. The topological polar surface area (TPSA) is 87.7 Å². The Hall–Kier alpha value is -3.08. The van der Waals surface area contributed by atoms with Crippen LogP contribution in [0.1, 0.15) is 36.7 Å². The molecule has 0 saturated carbocycles. The van der Waals surface area contributed by atoms with Crippen molar-refractivity contribution in [2.45, 2.75) is 32.5 Å². The van der Waals surface area contributed by atoms with Crippen LogP contribution in [0.2, 0.25) is 5.15 Å². The van der Waals surface area contributed by atoms with Gasteiger partial charge < -0.3 is 14.5 Å². The van der Waals surface area contributed by atoms with Gasteiger partial charge in [-0.15, -0.1) is 0 Å². The Morgan fingerprint density at radius 3 is 2.18 bits per heavy atom. The van der Waals surface area contributed by atoms with Crippen LogP contribution >= 0.6 is 11.6 Å². The molecule has 1 aromatic heterocycles. The van der Waals surface area contributed by atoms with Crippen LogP contribution in [-0.4, -0.2) is 58.6 Å². The number of halogens is 4. The van der Waals surface area contributed by atoms with Gasteiger partial charge in [-0.1, -0.05) is 11.6 Å². The molecule has 0 bridgehead atoms. The predicted molar refractivity (Wildman–Crippen MR) is 116 cm³/mol. The standard InChI is InChI=1S/C21H23ClF3N5O3/c1-20(2,3)33-19(32)30-10-8-29(9-11-30)14-6-4-13(5-7-14)17(31)28-18-26-12-15(16(22)27-18)21(23,24)25/h4-7,12H,8-11H2,1-3H3,(H,26,27,28,31). The molecule has 1 aromatic carbocycles. The SMILES string of the molecule is CC(C)(C)OC(=O)N1CCN(c2ccc(C(=O)Nc3ncc(C(F)(F)F)c(Cl)n3)cc2)CC1. The number of piperazine rings is 1. The van der Waals surface area contributed by atoms with Crippen molar-refractivity contribution in [3.63, 3.8) is 0 Å². The molecule has 178 valence electrons. The largest absolute Gasteiger partial charge is 0.444 e. The third kappa shape index (κ3) is 6.47. The number of rotatable bonds is 3. The highest BCUT2D eigenvalue weighted by atomic mass is 35.5. The van der Waals surface area contributed by atoms with Crippen molar-refractivity contribution in [3.05, 3.63) is 46.7 Å². The summed E-state index contributed by atoms with van der Waals surface area (Å²) >= 11 is 5.55. The van der Waals surface area contributed by atoms with Gasteiger partial charge in [0.25, 0.3) is 5.91 Å². The fourth-order valence-electron chi connectivity index (χ4n) is 3.08. The average Bonchev–Trinajstić information content (AvgIpc) is 2.72. The van der Waals surface area contributed by atoms with E-state index in [2.05, 4.69) is 20.2 Å². The summed E-state index contributed by atoms with van der Waals surface area (Å²) in [6, 6.07) is 6.66. The van der Waals surface area contributed by atoms with Crippen molar-refractivity contribution in [2.24, 2.45) is 0 Å². The fraction of sp³-hybridized carbons (Fsp3) is 0.429. The number of nitrogens with zero attached hydrogens (tertiary/aromatic N) is 4. The first-order valence-corrected chi connectivity index (χ1v) is 10.5. The predicted octanol–water partition coefficient (Wildman–Crippen LogP) is 4.46. The number of hydrogen-bond acceptors (Lipinski definition) is 6. The molecule has 0 atom stereocenters. The Balaban J connectivity index is 1.58. The summed E-state index contributed by atoms with van der Waals surface area (Å²) in [6.45, 7) is 7.66. The van der Waals surface area contributed by atoms with Crippen LogP contribution < -0.4 is 10.2 Å². The van der Waals surface area contributed by atoms with Crippen molar-refractivity contribution in [2.75, 3.05) is 36.4 Å². The van der Waals surface area contributed by atoms with Gasteiger partial charge in [0.1, 0.15) is 16.3 Å². The smallest absolute Gasteiger partial charge is 0.420 e. The summed E-state index contributed by atoms with van der Waals surface area (Å²) in [5, 5.41) is 1.53. The van der Waals surface area contributed by atoms with Gasteiger partial charge in [0, 0.05) is 43.6 Å². The molecule has 2 amide bonds. The van der Waals surface area contributed by atoms with Gasteiger partial charge in [-0.2, -0.15) is 13.2 Å². The maximum Gasteiger partial charge on any atom is 0.420 e. The van der Waals surface area contributed by atoms with Gasteiger partial charge in [0.15, 0.2) is 0 Å². The van der Waals surface area contributed by atoms with Crippen LogP contribution in [0.5, 0.6) is 0 Å². The molecule has 12 heteroatoms. The number of benzene rings is 1. The molecule has 3 rings (SSSR count). The third-order valence-electron chi connectivity index (χ3n) is 4.70. The summed E-state index contributed by atoms with van der Waals surface area (Å²) in [6.07, 6.45) is -4.52. The number of anilines is 2. The van der Waals surface area contributed by atoms with Gasteiger partial charge in [-0.05, 0) is 45.0 Å². The van der Waals surface area contributed by atoms with E-state index in [0.29, 0.717) is 32.4 Å². The molecule has 0 spiro atoms. The second kappa shape index (κ2) is 9.42. The summed E-state index contributed by atoms with van der Waals surface area (Å²) in [7, 11) is 0. The number of carbonyl (C=O) groups excluding carboxylic acids is 2. The first-order valence-electron chi connectivity index (χ1n) is 10.1. The van der Waals surface area contributed by atoms with Crippen LogP contribution in [-0.2, 0) is 10.9 Å². The lowest BCUT2D eigenvalue weighted by molar-refractivity contribution is -0.137. The van der Waals surface area contributed by atoms with Crippen molar-refractivity contribution < 1.29 is 27.5 Å². The second-order valence-corrected chi connectivity index (χ2v) is 8.71. The van der Waals surface area contributed by atoms with Crippen molar-refractivity contribution in [1.82, 2.24) is 14.9 Å². The highest BCUT2D eigenvalue weighted by Gasteiger charge is 2.34. The summed E-state index contributed by atoms with van der Waals surface area (Å²) in [4.78, 5) is 35.3. The van der Waals surface area contributed by atoms with Crippen molar-refractivity contribution >= 4 is 35.2 Å². The Morgan fingerprint density at radius 1 is 1.06 bits per heavy atom. The van der Waals surface area contributed by atoms with E-state index < -0.39 is 28.4 Å². The number of ether oxygens (including phenoxy) is 1. The fourth-order valence-corrected chi connectivity index (χ4v) is 3.32. The molecular weight excluding hydrogens is 463 g/mol. The van der Waals surface area contributed by atoms with Crippen LogP contribution in [0.4, 0.5) is 29.6 Å². The highest BCUT2D eigenvalue weighted by molar-refractivity contribution is 6.30. The Bertz CT molecular complexity index is 1020. The number of nitrogens with one attached hydrogen (secondary N) is 1. The molecule has 2 heterocycles. The van der Waals surface area contributed by atoms with E-state index in [1.165, 1.54) is 0 Å². The first kappa shape index (κ1) is 24.6. The number of hydrogen-bond donors (Lipinski definition) is 1. The van der Waals surface area contributed by atoms with Crippen LogP contribution in [0.3, 0.4) is 0 Å². The molecule has 1 saturated heterocycles. The number of aromatic nitrogens is 2. The van der Waals surface area contributed by atoms with Crippen LogP contribution in [0.15, 0.2) is 30.5 Å². The second-order valence-electron chi connectivity index (χ2n) is 8.35. The Labute approximate surface area is 193 Å². The summed E-state index contributed by atoms with van der Waals surface area (Å²) < 4.78 is 43.6. The lowest BCUT2D eigenvalue weighted by atomic mass is 10.1. The quantitative estimate of drug-likeness (QED) is 0.646. The Kier molecular flexibility index (Phi) is 7.01. The molecule has 0 aliphatic carbocycles. The van der Waals surface area contributed by atoms with Crippen molar-refractivity contribution in [3.8, 4) is 0 Å². The van der Waals surface area contributed by atoms with Crippen LogP contribution in [0, 0.1) is 0 Å². The maximum atomic E-state index is 12.7. The van der Waals surface area contributed by atoms with Gasteiger partial charge in [0.2, 0.25) is 5.95 Å². The average molecular weight is 486 g/mol. The van der Waals surface area contributed by atoms with Gasteiger partial charge in [-0.25, -0.2) is 14.8 Å². The molecule has 0 radical (unpaired) electrons. The van der Waals surface area contributed by atoms with E-state index in [1.807, 2.05) is 20.8 Å². The van der Waals surface area contributed by atoms with E-state index in [0.717, 1.165) is 5.69 Å². The van der Waals surface area contributed by atoms with E-state index in [4.69, 9.17) is 16.3 Å². The van der Waals surface area contributed by atoms with Gasteiger partial charge in [0.05, 0.1) is 0 Å². The molecule has 1 fully saturated rings. The maximum absolute atomic E-state index is 12.7. The minimum Gasteiger partial charge on any atom is -0.444 e. The number of amides is 2. The van der Waals surface area contributed by atoms with E-state index in [9.17, 15) is 22.8 Å². The number of alkyl halides is 3. The molecular formula is C21H23ClF3N5O3. The lowest BCUT2D eigenvalue weighted by Crippen LogP contribution is -2.50. The summed E-state index contributed by atoms with van der Waals surface area (Å²) in [5.74, 6) is -0.924. The molecule has 1 N–H and O–H groups in total. The Morgan fingerprint density at radius 2 is 1.67 bits per heavy atom. The molecule has 1 aliphatic rings. The summed E-state index contributed by atoms with van der Waals surface area (Å²) in [5.41, 5.74) is -0.602. The van der Waals surface area contributed by atoms with E-state index in [1.54, 1.807) is 29.2 Å². The molecule has 0 unspecified atom stereocenters. The van der Waals surface area contributed by atoms with E-state index in [-0.39, 0.29) is 17.6 Å². The zero-order valence-corrected chi connectivity index (χ0v) is 19.0. The van der Waals surface area contributed by atoms with E-state index >= 15 is 0 Å². The first-order chi connectivity index (χ1) is 15.3. The molecule has 8 nitrogen and oxygen atoms in total.